The molecule has 0 amide bonds. The molecule has 0 aliphatic carbocycles. The Labute approximate surface area is 121 Å². The lowest BCUT2D eigenvalue weighted by molar-refractivity contribution is -0.274. The number of halogens is 3. The van der Waals surface area contributed by atoms with Crippen LogP contribution in [0.15, 0.2) is 18.2 Å². The summed E-state index contributed by atoms with van der Waals surface area (Å²) in [4.78, 5) is 21.9. The Morgan fingerprint density at radius 1 is 1.23 bits per heavy atom. The normalized spacial score (nSPS) is 14.1. The minimum absolute atomic E-state index is 0.359. The maximum atomic E-state index is 12.3. The molecule has 1 aromatic rings. The molecular weight excluding hydrogens is 313 g/mol. The summed E-state index contributed by atoms with van der Waals surface area (Å²) in [6, 6.07) is 2.24. The average Bonchev–Trinajstić information content (AvgIpc) is 2.42. The number of carboxylic acids is 1. The number of esters is 1. The van der Waals surface area contributed by atoms with Gasteiger partial charge in [-0.3, -0.25) is 0 Å². The van der Waals surface area contributed by atoms with Crippen molar-refractivity contribution >= 4 is 11.9 Å². The van der Waals surface area contributed by atoms with Gasteiger partial charge in [-0.25, -0.2) is 9.59 Å². The fourth-order valence-corrected chi connectivity index (χ4v) is 1.54. The fraction of sp³-hybridized carbons (Fsp3) is 0.333. The van der Waals surface area contributed by atoms with E-state index in [1.165, 1.54) is 0 Å². The van der Waals surface area contributed by atoms with E-state index in [0.717, 1.165) is 19.2 Å². The molecule has 2 unspecified atom stereocenters. The maximum Gasteiger partial charge on any atom is 0.573 e. The summed E-state index contributed by atoms with van der Waals surface area (Å²) in [7, 11) is 0.935. The molecule has 1 rings (SSSR count). The number of alkyl halides is 3. The van der Waals surface area contributed by atoms with Crippen molar-refractivity contribution in [3.05, 3.63) is 29.3 Å². The van der Waals surface area contributed by atoms with Crippen LogP contribution in [0.4, 0.5) is 13.2 Å². The minimum atomic E-state index is -5.16. The summed E-state index contributed by atoms with van der Waals surface area (Å²) in [6.07, 6.45) is -9.14. The van der Waals surface area contributed by atoms with Crippen LogP contribution in [0.1, 0.15) is 22.0 Å². The molecule has 0 radical (unpaired) electrons. The predicted octanol–water partition coefficient (Wildman–Crippen LogP) is 0.851. The van der Waals surface area contributed by atoms with Gasteiger partial charge in [0.15, 0.2) is 6.10 Å². The van der Waals surface area contributed by atoms with Crippen LogP contribution in [-0.4, -0.2) is 46.8 Å². The van der Waals surface area contributed by atoms with Gasteiger partial charge in [0.2, 0.25) is 0 Å². The first-order chi connectivity index (χ1) is 10.1. The molecule has 10 heteroatoms. The van der Waals surface area contributed by atoms with Gasteiger partial charge in [-0.15, -0.1) is 13.2 Å². The van der Waals surface area contributed by atoms with E-state index in [1.54, 1.807) is 0 Å². The van der Waals surface area contributed by atoms with Crippen LogP contribution in [0.5, 0.6) is 5.75 Å². The fourth-order valence-electron chi connectivity index (χ4n) is 1.54. The van der Waals surface area contributed by atoms with Gasteiger partial charge in [0.1, 0.15) is 17.4 Å². The number of carboxylic acid groups (broad SMARTS) is 1. The van der Waals surface area contributed by atoms with E-state index < -0.39 is 41.8 Å². The number of hydrogen-bond donors (Lipinski definition) is 3. The summed E-state index contributed by atoms with van der Waals surface area (Å²) in [6.45, 7) is 0. The molecule has 0 heterocycles. The van der Waals surface area contributed by atoms with Gasteiger partial charge in [0, 0.05) is 0 Å². The SMILES string of the molecule is COC(=O)C(O)C(O)c1ccc(C(=O)O)c(OC(F)(F)F)c1. The standard InChI is InChI=1S/C12H11F3O7/c1-21-11(20)9(17)8(16)5-2-3-6(10(18)19)7(4-5)22-12(13,14)15/h2-4,8-9,16-17H,1H3,(H,18,19). The molecule has 3 N–H and O–H groups in total. The van der Waals surface area contributed by atoms with E-state index in [9.17, 15) is 33.0 Å². The number of aromatic carboxylic acids is 1. The van der Waals surface area contributed by atoms with E-state index >= 15 is 0 Å². The molecule has 7 nitrogen and oxygen atoms in total. The minimum Gasteiger partial charge on any atom is -0.478 e. The average molecular weight is 324 g/mol. The summed E-state index contributed by atoms with van der Waals surface area (Å²) in [5, 5.41) is 27.9. The molecule has 0 saturated heterocycles. The number of benzene rings is 1. The van der Waals surface area contributed by atoms with Crippen LogP contribution in [-0.2, 0) is 9.53 Å². The van der Waals surface area contributed by atoms with Crippen molar-refractivity contribution in [1.29, 1.82) is 0 Å². The molecule has 0 fully saturated rings. The number of methoxy groups -OCH3 is 1. The zero-order valence-corrected chi connectivity index (χ0v) is 11.0. The van der Waals surface area contributed by atoms with Gasteiger partial charge >= 0.3 is 18.3 Å². The Hall–Kier alpha value is -2.33. The van der Waals surface area contributed by atoms with Crippen molar-refractivity contribution in [1.82, 2.24) is 0 Å². The number of hydrogen-bond acceptors (Lipinski definition) is 6. The first-order valence-corrected chi connectivity index (χ1v) is 5.63. The number of ether oxygens (including phenoxy) is 2. The van der Waals surface area contributed by atoms with Crippen molar-refractivity contribution in [2.75, 3.05) is 7.11 Å². The van der Waals surface area contributed by atoms with Crippen molar-refractivity contribution in [2.45, 2.75) is 18.6 Å². The first-order valence-electron chi connectivity index (χ1n) is 5.63. The first kappa shape index (κ1) is 17.7. The third kappa shape index (κ3) is 4.33. The molecule has 22 heavy (non-hydrogen) atoms. The van der Waals surface area contributed by atoms with Gasteiger partial charge < -0.3 is 24.8 Å². The van der Waals surface area contributed by atoms with Gasteiger partial charge in [-0.2, -0.15) is 0 Å². The molecule has 1 aromatic carbocycles. The lowest BCUT2D eigenvalue weighted by Crippen LogP contribution is -2.29. The molecule has 0 saturated carbocycles. The van der Waals surface area contributed by atoms with Crippen molar-refractivity contribution in [3.8, 4) is 5.75 Å². The van der Waals surface area contributed by atoms with Crippen LogP contribution >= 0.6 is 0 Å². The molecule has 0 bridgehead atoms. The third-order valence-corrected chi connectivity index (χ3v) is 2.55. The Morgan fingerprint density at radius 3 is 2.27 bits per heavy atom. The topological polar surface area (TPSA) is 113 Å². The second-order valence-corrected chi connectivity index (χ2v) is 4.02. The lowest BCUT2D eigenvalue weighted by Gasteiger charge is -2.18. The zero-order valence-electron chi connectivity index (χ0n) is 11.0. The molecule has 0 aliphatic rings. The molecule has 122 valence electrons. The summed E-state index contributed by atoms with van der Waals surface area (Å²) in [5.74, 6) is -3.99. The van der Waals surface area contributed by atoms with Crippen molar-refractivity contribution < 1.29 is 47.6 Å². The smallest absolute Gasteiger partial charge is 0.478 e. The van der Waals surface area contributed by atoms with E-state index in [-0.39, 0.29) is 5.56 Å². The van der Waals surface area contributed by atoms with Crippen LogP contribution in [0, 0.1) is 0 Å². The maximum absolute atomic E-state index is 12.3. The second-order valence-electron chi connectivity index (χ2n) is 4.02. The zero-order chi connectivity index (χ0) is 17.1. The largest absolute Gasteiger partial charge is 0.573 e. The third-order valence-electron chi connectivity index (χ3n) is 2.55. The number of carbonyl (C=O) groups excluding carboxylic acids is 1. The van der Waals surface area contributed by atoms with Crippen LogP contribution < -0.4 is 4.74 Å². The van der Waals surface area contributed by atoms with Gasteiger partial charge in [0.05, 0.1) is 7.11 Å². The molecule has 2 atom stereocenters. The van der Waals surface area contributed by atoms with Crippen molar-refractivity contribution in [2.24, 2.45) is 0 Å². The van der Waals surface area contributed by atoms with Crippen LogP contribution in [0.2, 0.25) is 0 Å². The summed E-state index contributed by atoms with van der Waals surface area (Å²) >= 11 is 0. The highest BCUT2D eigenvalue weighted by molar-refractivity contribution is 5.91. The molecule has 0 aliphatic heterocycles. The Morgan fingerprint density at radius 2 is 1.82 bits per heavy atom. The highest BCUT2D eigenvalue weighted by Gasteiger charge is 2.34. The Balaban J connectivity index is 3.21. The Kier molecular flexibility index (Phi) is 5.33. The second kappa shape index (κ2) is 6.62. The number of aliphatic hydroxyl groups excluding tert-OH is 2. The summed E-state index contributed by atoms with van der Waals surface area (Å²) < 4.78 is 44.5. The quantitative estimate of drug-likeness (QED) is 0.688. The molecule has 0 spiro atoms. The number of aliphatic hydroxyl groups is 2. The number of carbonyl (C=O) groups is 2. The lowest BCUT2D eigenvalue weighted by atomic mass is 10.0. The number of rotatable bonds is 5. The van der Waals surface area contributed by atoms with Gasteiger partial charge in [0.25, 0.3) is 0 Å². The van der Waals surface area contributed by atoms with E-state index in [4.69, 9.17) is 5.11 Å². The molecule has 0 aromatic heterocycles. The van der Waals surface area contributed by atoms with E-state index in [0.29, 0.717) is 6.07 Å². The van der Waals surface area contributed by atoms with Crippen molar-refractivity contribution in [3.63, 3.8) is 0 Å². The van der Waals surface area contributed by atoms with Gasteiger partial charge in [-0.05, 0) is 17.7 Å². The molecular formula is C12H11F3O7. The van der Waals surface area contributed by atoms with Gasteiger partial charge in [-0.1, -0.05) is 6.07 Å². The highest BCUT2D eigenvalue weighted by atomic mass is 19.4. The monoisotopic (exact) mass is 324 g/mol. The Bertz CT molecular complexity index is 570. The van der Waals surface area contributed by atoms with E-state index in [2.05, 4.69) is 9.47 Å². The van der Waals surface area contributed by atoms with E-state index in [1.807, 2.05) is 0 Å². The highest BCUT2D eigenvalue weighted by Crippen LogP contribution is 2.30. The van der Waals surface area contributed by atoms with Crippen LogP contribution in [0.25, 0.3) is 0 Å². The predicted molar refractivity (Wildman–Crippen MR) is 63.1 cm³/mol. The van der Waals surface area contributed by atoms with Crippen LogP contribution in [0.3, 0.4) is 0 Å². The summed E-state index contributed by atoms with van der Waals surface area (Å²) in [5.41, 5.74) is -1.16.